The van der Waals surface area contributed by atoms with Crippen molar-refractivity contribution in [1.29, 1.82) is 0 Å². The number of nitrogens with one attached hydrogen (secondary N) is 1. The Labute approximate surface area is 186 Å². The van der Waals surface area contributed by atoms with Crippen LogP contribution in [0.2, 0.25) is 0 Å². The first kappa shape index (κ1) is 20.5. The Morgan fingerprint density at radius 2 is 1.88 bits per heavy atom. The number of oxime groups is 1. The fourth-order valence-corrected chi connectivity index (χ4v) is 4.70. The highest BCUT2D eigenvalue weighted by molar-refractivity contribution is 6.05. The van der Waals surface area contributed by atoms with E-state index in [9.17, 15) is 10.0 Å². The molecule has 0 atom stereocenters. The second-order valence-corrected chi connectivity index (χ2v) is 8.41. The molecule has 7 nitrogen and oxygen atoms in total. The second kappa shape index (κ2) is 8.59. The maximum absolute atomic E-state index is 13.3. The molecule has 3 heterocycles. The number of carbonyl (C=O) groups is 1. The van der Waals surface area contributed by atoms with Gasteiger partial charge in [-0.1, -0.05) is 23.4 Å². The fraction of sp³-hybridized carbons (Fsp3) is 0.320. The third kappa shape index (κ3) is 3.69. The highest BCUT2D eigenvalue weighted by atomic mass is 16.4. The number of pyridine rings is 1. The maximum atomic E-state index is 13.3. The van der Waals surface area contributed by atoms with Gasteiger partial charge in [0.2, 0.25) is 0 Å². The summed E-state index contributed by atoms with van der Waals surface area (Å²) in [6.45, 7) is 1.84. The molecule has 2 aliphatic rings. The van der Waals surface area contributed by atoms with Crippen LogP contribution in [0.4, 0.5) is 0 Å². The van der Waals surface area contributed by atoms with E-state index in [1.54, 1.807) is 12.4 Å². The molecule has 1 aromatic carbocycles. The zero-order valence-corrected chi connectivity index (χ0v) is 18.0. The zero-order chi connectivity index (χ0) is 22.1. The molecule has 32 heavy (non-hydrogen) atoms. The molecular weight excluding hydrogens is 404 g/mol. The van der Waals surface area contributed by atoms with Crippen LogP contribution in [0.5, 0.6) is 0 Å². The smallest absolute Gasteiger partial charge is 0.289 e. The minimum absolute atomic E-state index is 0.102. The summed E-state index contributed by atoms with van der Waals surface area (Å²) >= 11 is 0. The van der Waals surface area contributed by atoms with Gasteiger partial charge in [0.1, 0.15) is 5.76 Å². The maximum Gasteiger partial charge on any atom is 0.289 e. The normalized spacial score (nSPS) is 17.5. The minimum atomic E-state index is -0.102. The van der Waals surface area contributed by atoms with Gasteiger partial charge in [-0.25, -0.2) is 0 Å². The summed E-state index contributed by atoms with van der Waals surface area (Å²) in [5.74, 6) is 0.892. The SMILES string of the molecule is CN(C(=O)c1cc(-c2ccc3c(c2)CC/C3=N/O)c(-c2ccncc2)o1)C1CCNCC1. The molecule has 0 bridgehead atoms. The molecule has 3 aromatic rings. The van der Waals surface area contributed by atoms with Crippen molar-refractivity contribution in [1.82, 2.24) is 15.2 Å². The lowest BCUT2D eigenvalue weighted by molar-refractivity contribution is 0.0672. The number of hydrogen-bond donors (Lipinski definition) is 2. The van der Waals surface area contributed by atoms with E-state index in [4.69, 9.17) is 4.42 Å². The van der Waals surface area contributed by atoms with Crippen molar-refractivity contribution in [3.63, 3.8) is 0 Å². The molecular formula is C25H26N4O3. The summed E-state index contributed by atoms with van der Waals surface area (Å²) < 4.78 is 6.19. The Balaban J connectivity index is 1.55. The van der Waals surface area contributed by atoms with Crippen LogP contribution in [0, 0.1) is 0 Å². The Hall–Kier alpha value is -3.45. The van der Waals surface area contributed by atoms with Gasteiger partial charge in [-0.2, -0.15) is 0 Å². The number of hydrogen-bond acceptors (Lipinski definition) is 6. The van der Waals surface area contributed by atoms with E-state index < -0.39 is 0 Å². The van der Waals surface area contributed by atoms with Crippen molar-refractivity contribution in [2.45, 2.75) is 31.7 Å². The Bertz CT molecular complexity index is 1160. The molecule has 5 rings (SSSR count). The molecule has 0 unspecified atom stereocenters. The molecule has 1 aliphatic heterocycles. The molecule has 1 amide bonds. The van der Waals surface area contributed by atoms with Crippen LogP contribution in [0.25, 0.3) is 22.5 Å². The number of aryl methyl sites for hydroxylation is 1. The van der Waals surface area contributed by atoms with Crippen molar-refractivity contribution in [2.75, 3.05) is 20.1 Å². The van der Waals surface area contributed by atoms with Crippen LogP contribution in [0.3, 0.4) is 0 Å². The third-order valence-electron chi connectivity index (χ3n) is 6.54. The molecule has 0 radical (unpaired) electrons. The first-order valence-electron chi connectivity index (χ1n) is 11.0. The summed E-state index contributed by atoms with van der Waals surface area (Å²) in [7, 11) is 1.86. The first-order chi connectivity index (χ1) is 15.7. The highest BCUT2D eigenvalue weighted by Crippen LogP contribution is 2.37. The van der Waals surface area contributed by atoms with Crippen LogP contribution < -0.4 is 5.32 Å². The first-order valence-corrected chi connectivity index (χ1v) is 11.0. The van der Waals surface area contributed by atoms with Crippen molar-refractivity contribution in [3.8, 4) is 22.5 Å². The lowest BCUT2D eigenvalue weighted by Crippen LogP contribution is -2.43. The van der Waals surface area contributed by atoms with Crippen molar-refractivity contribution >= 4 is 11.6 Å². The molecule has 1 fully saturated rings. The third-order valence-corrected chi connectivity index (χ3v) is 6.54. The average Bonchev–Trinajstić information content (AvgIpc) is 3.48. The predicted molar refractivity (Wildman–Crippen MR) is 122 cm³/mol. The molecule has 0 spiro atoms. The van der Waals surface area contributed by atoms with Gasteiger partial charge in [0.25, 0.3) is 5.91 Å². The van der Waals surface area contributed by atoms with Gasteiger partial charge in [0, 0.05) is 42.2 Å². The van der Waals surface area contributed by atoms with Crippen molar-refractivity contribution in [3.05, 3.63) is 65.7 Å². The van der Waals surface area contributed by atoms with Gasteiger partial charge in [-0.15, -0.1) is 0 Å². The van der Waals surface area contributed by atoms with Gasteiger partial charge >= 0.3 is 0 Å². The van der Waals surface area contributed by atoms with E-state index in [0.717, 1.165) is 66.6 Å². The molecule has 1 saturated heterocycles. The predicted octanol–water partition coefficient (Wildman–Crippen LogP) is 3.96. The number of benzene rings is 1. The molecule has 2 aromatic heterocycles. The second-order valence-electron chi connectivity index (χ2n) is 8.41. The number of aromatic nitrogens is 1. The molecule has 1 aliphatic carbocycles. The lowest BCUT2D eigenvalue weighted by atomic mass is 9.98. The van der Waals surface area contributed by atoms with E-state index in [2.05, 4.69) is 21.5 Å². The number of piperidine rings is 1. The van der Waals surface area contributed by atoms with Crippen molar-refractivity contribution in [2.24, 2.45) is 5.16 Å². The van der Waals surface area contributed by atoms with E-state index >= 15 is 0 Å². The number of furan rings is 1. The number of fused-ring (bicyclic) bond motifs is 1. The zero-order valence-electron chi connectivity index (χ0n) is 18.0. The van der Waals surface area contributed by atoms with Crippen LogP contribution in [0.1, 0.15) is 40.9 Å². The molecule has 2 N–H and O–H groups in total. The van der Waals surface area contributed by atoms with E-state index in [1.807, 2.05) is 42.3 Å². The van der Waals surface area contributed by atoms with Gasteiger partial charge in [-0.05, 0) is 68.1 Å². The van der Waals surface area contributed by atoms with Crippen LogP contribution in [-0.2, 0) is 6.42 Å². The monoisotopic (exact) mass is 430 g/mol. The van der Waals surface area contributed by atoms with Gasteiger partial charge < -0.3 is 19.8 Å². The van der Waals surface area contributed by atoms with E-state index in [1.165, 1.54) is 0 Å². The average molecular weight is 431 g/mol. The Morgan fingerprint density at radius 1 is 1.09 bits per heavy atom. The fourth-order valence-electron chi connectivity index (χ4n) is 4.70. The summed E-state index contributed by atoms with van der Waals surface area (Å²) in [6, 6.07) is 11.9. The number of carbonyl (C=O) groups excluding carboxylic acids is 1. The van der Waals surface area contributed by atoms with Gasteiger partial charge in [0.15, 0.2) is 5.76 Å². The van der Waals surface area contributed by atoms with Gasteiger partial charge in [0.05, 0.1) is 5.71 Å². The molecule has 164 valence electrons. The lowest BCUT2D eigenvalue weighted by Gasteiger charge is -2.31. The summed E-state index contributed by atoms with van der Waals surface area (Å²) in [6.07, 6.45) is 6.87. The number of nitrogens with zero attached hydrogens (tertiary/aromatic N) is 3. The molecule has 0 saturated carbocycles. The Kier molecular flexibility index (Phi) is 5.49. The topological polar surface area (TPSA) is 91.0 Å². The summed E-state index contributed by atoms with van der Waals surface area (Å²) in [4.78, 5) is 19.2. The van der Waals surface area contributed by atoms with Crippen LogP contribution in [0.15, 0.2) is 58.4 Å². The summed E-state index contributed by atoms with van der Waals surface area (Å²) in [5, 5.41) is 16.0. The Morgan fingerprint density at radius 3 is 2.62 bits per heavy atom. The number of amides is 1. The highest BCUT2D eigenvalue weighted by Gasteiger charge is 2.27. The van der Waals surface area contributed by atoms with E-state index in [-0.39, 0.29) is 11.9 Å². The largest absolute Gasteiger partial charge is 0.450 e. The quantitative estimate of drug-likeness (QED) is 0.483. The summed E-state index contributed by atoms with van der Waals surface area (Å²) in [5.41, 5.74) is 5.55. The van der Waals surface area contributed by atoms with Crippen molar-refractivity contribution < 1.29 is 14.4 Å². The number of rotatable bonds is 4. The van der Waals surface area contributed by atoms with Crippen LogP contribution in [-0.4, -0.2) is 52.9 Å². The minimum Gasteiger partial charge on any atom is -0.450 e. The molecule has 7 heteroatoms. The van der Waals surface area contributed by atoms with Gasteiger partial charge in [-0.3, -0.25) is 9.78 Å². The van der Waals surface area contributed by atoms with Crippen LogP contribution >= 0.6 is 0 Å². The standard InChI is InChI=1S/C25H26N4O3/c1-29(19-8-12-27-13-9-19)25(30)23-15-21(24(32-23)16-6-10-26-11-7-16)18-2-4-20-17(14-18)3-5-22(20)28-31/h2,4,6-7,10-11,14-15,19,27,31H,3,5,8-9,12-13H2,1H3/b28-22-. The van der Waals surface area contributed by atoms with E-state index in [0.29, 0.717) is 17.2 Å².